The lowest BCUT2D eigenvalue weighted by molar-refractivity contribution is 0.390. The van der Waals surface area contributed by atoms with Gasteiger partial charge in [-0.2, -0.15) is 0 Å². The van der Waals surface area contributed by atoms with Crippen molar-refractivity contribution in [2.75, 3.05) is 37.2 Å². The summed E-state index contributed by atoms with van der Waals surface area (Å²) in [5, 5.41) is 14.5. The van der Waals surface area contributed by atoms with Crippen LogP contribution in [0.5, 0.6) is 0 Å². The van der Waals surface area contributed by atoms with Crippen molar-refractivity contribution in [3.63, 3.8) is 0 Å². The molecule has 0 atom stereocenters. The van der Waals surface area contributed by atoms with Gasteiger partial charge in [0.25, 0.3) is 10.0 Å². The summed E-state index contributed by atoms with van der Waals surface area (Å²) in [6, 6.07) is 3.20. The molecule has 0 saturated heterocycles. The van der Waals surface area contributed by atoms with Gasteiger partial charge < -0.3 is 14.7 Å². The van der Waals surface area contributed by atoms with E-state index in [9.17, 15) is 8.42 Å². The zero-order valence-corrected chi connectivity index (χ0v) is 14.3. The highest BCUT2D eigenvalue weighted by atomic mass is 32.2. The molecule has 0 fully saturated rings. The van der Waals surface area contributed by atoms with Gasteiger partial charge in [0.05, 0.1) is 0 Å². The fraction of sp³-hybridized carbons (Fsp3) is 0.462. The van der Waals surface area contributed by atoms with E-state index in [2.05, 4.69) is 25.4 Å². The third-order valence-electron chi connectivity index (χ3n) is 3.01. The highest BCUT2D eigenvalue weighted by molar-refractivity contribution is 7.92. The third-order valence-corrected chi connectivity index (χ3v) is 4.60. The van der Waals surface area contributed by atoms with Crippen molar-refractivity contribution in [3.05, 3.63) is 23.6 Å². The average molecular weight is 340 g/mol. The van der Waals surface area contributed by atoms with Crippen molar-refractivity contribution < 1.29 is 12.9 Å². The number of hydrogen-bond donors (Lipinski definition) is 2. The van der Waals surface area contributed by atoms with Crippen LogP contribution in [0, 0.1) is 13.8 Å². The van der Waals surface area contributed by atoms with Crippen LogP contribution in [0.1, 0.15) is 11.5 Å². The second kappa shape index (κ2) is 6.92. The molecule has 0 aliphatic carbocycles. The molecule has 0 aliphatic rings. The minimum atomic E-state index is -3.81. The second-order valence-corrected chi connectivity index (χ2v) is 6.91. The SMILES string of the molecule is Cc1noc(C)c1S(=O)(=O)Nc1ccc(NCCN(C)C)nn1. The predicted molar refractivity (Wildman–Crippen MR) is 85.9 cm³/mol. The number of sulfonamides is 1. The van der Waals surface area contributed by atoms with Crippen LogP contribution in [0.2, 0.25) is 0 Å². The average Bonchev–Trinajstić information content (AvgIpc) is 2.80. The maximum atomic E-state index is 12.3. The van der Waals surface area contributed by atoms with Gasteiger partial charge in [-0.25, -0.2) is 8.42 Å². The Balaban J connectivity index is 2.06. The van der Waals surface area contributed by atoms with E-state index >= 15 is 0 Å². The van der Waals surface area contributed by atoms with Crippen LogP contribution < -0.4 is 10.0 Å². The quantitative estimate of drug-likeness (QED) is 0.763. The molecular formula is C13H20N6O3S. The van der Waals surface area contributed by atoms with Gasteiger partial charge in [-0.1, -0.05) is 5.16 Å². The monoisotopic (exact) mass is 340 g/mol. The van der Waals surface area contributed by atoms with Crippen molar-refractivity contribution in [3.8, 4) is 0 Å². The molecule has 23 heavy (non-hydrogen) atoms. The summed E-state index contributed by atoms with van der Waals surface area (Å²) >= 11 is 0. The Labute approximate surface area is 135 Å². The van der Waals surface area contributed by atoms with E-state index in [-0.39, 0.29) is 16.5 Å². The summed E-state index contributed by atoms with van der Waals surface area (Å²) in [5.41, 5.74) is 0.296. The van der Waals surface area contributed by atoms with Crippen LogP contribution in [-0.2, 0) is 10.0 Å². The molecule has 2 heterocycles. The number of rotatable bonds is 7. The van der Waals surface area contributed by atoms with Gasteiger partial charge in [0.1, 0.15) is 11.5 Å². The molecule has 2 aromatic heterocycles. The zero-order chi connectivity index (χ0) is 17.0. The van der Waals surface area contributed by atoms with E-state index in [1.165, 1.54) is 6.92 Å². The molecule has 0 saturated carbocycles. The summed E-state index contributed by atoms with van der Waals surface area (Å²) in [7, 11) is 0.136. The Morgan fingerprint density at radius 1 is 1.17 bits per heavy atom. The van der Waals surface area contributed by atoms with Crippen LogP contribution in [0.4, 0.5) is 11.6 Å². The van der Waals surface area contributed by atoms with E-state index < -0.39 is 10.0 Å². The topological polar surface area (TPSA) is 113 Å². The Bertz CT molecular complexity index is 735. The second-order valence-electron chi connectivity index (χ2n) is 5.29. The molecule has 9 nitrogen and oxygen atoms in total. The molecule has 2 rings (SSSR count). The Hall–Kier alpha value is -2.20. The first-order valence-corrected chi connectivity index (χ1v) is 8.46. The molecule has 2 aromatic rings. The van der Waals surface area contributed by atoms with Crippen molar-refractivity contribution in [1.29, 1.82) is 0 Å². The first-order valence-electron chi connectivity index (χ1n) is 6.97. The fourth-order valence-electron chi connectivity index (χ4n) is 1.94. The van der Waals surface area contributed by atoms with E-state index in [1.807, 2.05) is 19.0 Å². The normalized spacial score (nSPS) is 11.7. The third kappa shape index (κ3) is 4.39. The molecule has 0 bridgehead atoms. The standard InChI is InChI=1S/C13H20N6O3S/c1-9-13(10(2)22-17-9)23(20,21)18-12-6-5-11(15-16-12)14-7-8-19(3)4/h5-6H,7-8H2,1-4H3,(H,14,15)(H,16,18). The molecule has 0 amide bonds. The number of aryl methyl sites for hydroxylation is 2. The van der Waals surface area contributed by atoms with Crippen molar-refractivity contribution in [1.82, 2.24) is 20.3 Å². The summed E-state index contributed by atoms with van der Waals surface area (Å²) in [6.45, 7) is 4.67. The van der Waals surface area contributed by atoms with Crippen molar-refractivity contribution in [2.24, 2.45) is 0 Å². The lowest BCUT2D eigenvalue weighted by Crippen LogP contribution is -2.21. The van der Waals surface area contributed by atoms with Gasteiger partial charge in [-0.15, -0.1) is 10.2 Å². The maximum Gasteiger partial charge on any atom is 0.268 e. The number of nitrogens with zero attached hydrogens (tertiary/aromatic N) is 4. The molecule has 0 aliphatic heterocycles. The summed E-state index contributed by atoms with van der Waals surface area (Å²) < 4.78 is 31.9. The minimum absolute atomic E-state index is 0.0208. The Morgan fingerprint density at radius 2 is 1.83 bits per heavy atom. The van der Waals surface area contributed by atoms with E-state index in [4.69, 9.17) is 4.52 Å². The number of anilines is 2. The lowest BCUT2D eigenvalue weighted by atomic mass is 10.4. The van der Waals surface area contributed by atoms with Gasteiger partial charge >= 0.3 is 0 Å². The first-order chi connectivity index (χ1) is 10.8. The number of likely N-dealkylation sites (N-methyl/N-ethyl adjacent to an activating group) is 1. The van der Waals surface area contributed by atoms with Crippen LogP contribution in [0.25, 0.3) is 0 Å². The Morgan fingerprint density at radius 3 is 2.35 bits per heavy atom. The van der Waals surface area contributed by atoms with E-state index in [1.54, 1.807) is 19.1 Å². The molecular weight excluding hydrogens is 320 g/mol. The van der Waals surface area contributed by atoms with Gasteiger partial charge in [0.15, 0.2) is 16.5 Å². The molecule has 2 N–H and O–H groups in total. The first kappa shape index (κ1) is 17.2. The van der Waals surface area contributed by atoms with Gasteiger partial charge in [0, 0.05) is 13.1 Å². The molecule has 0 spiro atoms. The van der Waals surface area contributed by atoms with Crippen LogP contribution in [-0.4, -0.2) is 55.9 Å². The Kier molecular flexibility index (Phi) is 5.16. The molecule has 0 unspecified atom stereocenters. The number of hydrogen-bond acceptors (Lipinski definition) is 8. The lowest BCUT2D eigenvalue weighted by Gasteiger charge is -2.11. The largest absolute Gasteiger partial charge is 0.367 e. The van der Waals surface area contributed by atoms with Gasteiger partial charge in [0.2, 0.25) is 0 Å². The number of nitrogens with one attached hydrogen (secondary N) is 2. The van der Waals surface area contributed by atoms with Crippen LogP contribution in [0.15, 0.2) is 21.6 Å². The predicted octanol–water partition coefficient (Wildman–Crippen LogP) is 0.856. The fourth-order valence-corrected chi connectivity index (χ4v) is 3.26. The molecule has 126 valence electrons. The molecule has 0 aromatic carbocycles. The highest BCUT2D eigenvalue weighted by Gasteiger charge is 2.24. The van der Waals surface area contributed by atoms with E-state index in [0.29, 0.717) is 18.1 Å². The van der Waals surface area contributed by atoms with Crippen molar-refractivity contribution in [2.45, 2.75) is 18.7 Å². The highest BCUT2D eigenvalue weighted by Crippen LogP contribution is 2.21. The molecule has 10 heteroatoms. The van der Waals surface area contributed by atoms with Gasteiger partial charge in [-0.05, 0) is 40.1 Å². The maximum absolute atomic E-state index is 12.3. The molecule has 0 radical (unpaired) electrons. The number of aromatic nitrogens is 3. The minimum Gasteiger partial charge on any atom is -0.367 e. The van der Waals surface area contributed by atoms with E-state index in [0.717, 1.165) is 6.54 Å². The summed E-state index contributed by atoms with van der Waals surface area (Å²) in [5.74, 6) is 0.931. The van der Waals surface area contributed by atoms with Crippen LogP contribution in [0.3, 0.4) is 0 Å². The summed E-state index contributed by atoms with van der Waals surface area (Å²) in [4.78, 5) is 2.06. The summed E-state index contributed by atoms with van der Waals surface area (Å²) in [6.07, 6.45) is 0. The van der Waals surface area contributed by atoms with Gasteiger partial charge in [-0.3, -0.25) is 4.72 Å². The smallest absolute Gasteiger partial charge is 0.268 e. The van der Waals surface area contributed by atoms with Crippen molar-refractivity contribution >= 4 is 21.7 Å². The van der Waals surface area contributed by atoms with Crippen LogP contribution >= 0.6 is 0 Å². The zero-order valence-electron chi connectivity index (χ0n) is 13.5.